The molecule has 0 N–H and O–H groups in total. The first-order valence-electron chi connectivity index (χ1n) is 5.58. The Morgan fingerprint density at radius 2 is 2.11 bits per heavy atom. The fourth-order valence-corrected chi connectivity index (χ4v) is 3.06. The maximum absolute atomic E-state index is 12.0. The first-order chi connectivity index (χ1) is 9.22. The van der Waals surface area contributed by atoms with E-state index < -0.39 is 0 Å². The van der Waals surface area contributed by atoms with Crippen LogP contribution in [-0.4, -0.2) is 12.6 Å². The van der Waals surface area contributed by atoms with E-state index >= 15 is 0 Å². The van der Waals surface area contributed by atoms with E-state index in [4.69, 9.17) is 9.47 Å². The molecule has 0 spiro atoms. The maximum atomic E-state index is 12.0. The minimum absolute atomic E-state index is 0.0529. The van der Waals surface area contributed by atoms with Gasteiger partial charge in [0.25, 0.3) is 0 Å². The van der Waals surface area contributed by atoms with Gasteiger partial charge in [-0.2, -0.15) is 0 Å². The van der Waals surface area contributed by atoms with Crippen molar-refractivity contribution in [2.75, 3.05) is 6.79 Å². The number of rotatable bonds is 3. The first kappa shape index (κ1) is 12.4. The SMILES string of the molecule is O=C(C=Cc1cc(Br)cs1)c1ccc2c(c1)OCO2. The van der Waals surface area contributed by atoms with Gasteiger partial charge in [-0.15, -0.1) is 11.3 Å². The molecule has 2 heterocycles. The third-order valence-corrected chi connectivity index (χ3v) is 4.30. The van der Waals surface area contributed by atoms with E-state index in [1.807, 2.05) is 17.5 Å². The number of carbonyl (C=O) groups is 1. The molecule has 0 bridgehead atoms. The van der Waals surface area contributed by atoms with E-state index in [1.165, 1.54) is 0 Å². The average molecular weight is 337 g/mol. The molecule has 0 atom stereocenters. The third-order valence-electron chi connectivity index (χ3n) is 2.64. The molecule has 19 heavy (non-hydrogen) atoms. The van der Waals surface area contributed by atoms with Crippen molar-refractivity contribution in [3.8, 4) is 11.5 Å². The average Bonchev–Trinajstić information content (AvgIpc) is 3.03. The molecule has 1 aromatic carbocycles. The van der Waals surface area contributed by atoms with Gasteiger partial charge in [-0.1, -0.05) is 0 Å². The number of carbonyl (C=O) groups excluding carboxylic acids is 1. The Balaban J connectivity index is 1.79. The molecule has 0 amide bonds. The number of ether oxygens (including phenoxy) is 2. The van der Waals surface area contributed by atoms with Crippen LogP contribution in [0.5, 0.6) is 11.5 Å². The van der Waals surface area contributed by atoms with Gasteiger partial charge in [-0.3, -0.25) is 4.79 Å². The minimum Gasteiger partial charge on any atom is -0.454 e. The molecule has 0 saturated heterocycles. The van der Waals surface area contributed by atoms with Crippen LogP contribution in [0.4, 0.5) is 0 Å². The standard InChI is InChI=1S/C14H9BrO3S/c15-10-6-11(19-7-10)2-3-12(16)9-1-4-13-14(5-9)18-8-17-13/h1-7H,8H2. The van der Waals surface area contributed by atoms with E-state index in [-0.39, 0.29) is 12.6 Å². The van der Waals surface area contributed by atoms with Gasteiger partial charge in [-0.25, -0.2) is 0 Å². The molecular formula is C14H9BrO3S. The summed E-state index contributed by atoms with van der Waals surface area (Å²) >= 11 is 4.96. The second kappa shape index (κ2) is 5.19. The predicted molar refractivity (Wildman–Crippen MR) is 77.9 cm³/mol. The zero-order valence-electron chi connectivity index (χ0n) is 9.76. The van der Waals surface area contributed by atoms with E-state index in [2.05, 4.69) is 15.9 Å². The summed E-state index contributed by atoms with van der Waals surface area (Å²) in [4.78, 5) is 13.1. The van der Waals surface area contributed by atoms with Crippen LogP contribution < -0.4 is 9.47 Å². The zero-order valence-corrected chi connectivity index (χ0v) is 12.2. The lowest BCUT2D eigenvalue weighted by Crippen LogP contribution is -1.94. The van der Waals surface area contributed by atoms with Crippen molar-refractivity contribution >= 4 is 39.1 Å². The van der Waals surface area contributed by atoms with Crippen molar-refractivity contribution in [3.05, 3.63) is 50.6 Å². The number of ketones is 1. The number of hydrogen-bond acceptors (Lipinski definition) is 4. The van der Waals surface area contributed by atoms with Crippen LogP contribution in [0.2, 0.25) is 0 Å². The molecule has 1 aliphatic rings. The second-order valence-electron chi connectivity index (χ2n) is 3.93. The molecule has 3 nitrogen and oxygen atoms in total. The molecule has 0 saturated carbocycles. The number of benzene rings is 1. The first-order valence-corrected chi connectivity index (χ1v) is 7.26. The summed E-state index contributed by atoms with van der Waals surface area (Å²) in [6.45, 7) is 0.214. The van der Waals surface area contributed by atoms with Crippen LogP contribution in [0.3, 0.4) is 0 Å². The Bertz CT molecular complexity index is 660. The van der Waals surface area contributed by atoms with E-state index in [0.717, 1.165) is 9.35 Å². The van der Waals surface area contributed by atoms with Crippen molar-refractivity contribution in [1.82, 2.24) is 0 Å². The smallest absolute Gasteiger partial charge is 0.231 e. The molecule has 96 valence electrons. The Hall–Kier alpha value is -1.59. The van der Waals surface area contributed by atoms with Crippen LogP contribution in [-0.2, 0) is 0 Å². The van der Waals surface area contributed by atoms with Gasteiger partial charge in [0.15, 0.2) is 17.3 Å². The summed E-state index contributed by atoms with van der Waals surface area (Å²) in [7, 11) is 0. The minimum atomic E-state index is -0.0529. The fourth-order valence-electron chi connectivity index (χ4n) is 1.72. The number of fused-ring (bicyclic) bond motifs is 1. The van der Waals surface area contributed by atoms with Crippen LogP contribution >= 0.6 is 27.3 Å². The summed E-state index contributed by atoms with van der Waals surface area (Å²) in [5.41, 5.74) is 0.594. The summed E-state index contributed by atoms with van der Waals surface area (Å²) in [5, 5.41) is 1.98. The number of thiophene rings is 1. The molecule has 5 heteroatoms. The van der Waals surface area contributed by atoms with Crippen LogP contribution in [0, 0.1) is 0 Å². The Labute approximate surface area is 122 Å². The van der Waals surface area contributed by atoms with Gasteiger partial charge in [0, 0.05) is 20.3 Å². The monoisotopic (exact) mass is 336 g/mol. The number of halogens is 1. The maximum Gasteiger partial charge on any atom is 0.231 e. The molecule has 1 aromatic heterocycles. The molecule has 0 aliphatic carbocycles. The second-order valence-corrected chi connectivity index (χ2v) is 5.79. The largest absolute Gasteiger partial charge is 0.454 e. The summed E-state index contributed by atoms with van der Waals surface area (Å²) in [5.74, 6) is 1.25. The molecule has 1 aliphatic heterocycles. The van der Waals surface area contributed by atoms with Crippen molar-refractivity contribution in [2.45, 2.75) is 0 Å². The highest BCUT2D eigenvalue weighted by atomic mass is 79.9. The third kappa shape index (κ3) is 2.72. The van der Waals surface area contributed by atoms with Crippen LogP contribution in [0.1, 0.15) is 15.2 Å². The van der Waals surface area contributed by atoms with E-state index in [0.29, 0.717) is 17.1 Å². The van der Waals surface area contributed by atoms with Gasteiger partial charge in [0.05, 0.1) is 0 Å². The number of hydrogen-bond donors (Lipinski definition) is 0. The normalized spacial score (nSPS) is 13.1. The Kier molecular flexibility index (Phi) is 3.40. The van der Waals surface area contributed by atoms with Crippen molar-refractivity contribution in [1.29, 1.82) is 0 Å². The van der Waals surface area contributed by atoms with Gasteiger partial charge in [-0.05, 0) is 52.3 Å². The molecule has 0 radical (unpaired) electrons. The van der Waals surface area contributed by atoms with Crippen molar-refractivity contribution in [2.24, 2.45) is 0 Å². The quantitative estimate of drug-likeness (QED) is 0.624. The molecule has 0 fully saturated rings. The highest BCUT2D eigenvalue weighted by molar-refractivity contribution is 9.10. The molecule has 2 aromatic rings. The lowest BCUT2D eigenvalue weighted by molar-refractivity contribution is 0.104. The zero-order chi connectivity index (χ0) is 13.2. The van der Waals surface area contributed by atoms with Crippen molar-refractivity contribution < 1.29 is 14.3 Å². The highest BCUT2D eigenvalue weighted by Crippen LogP contribution is 2.32. The molecular weight excluding hydrogens is 328 g/mol. The van der Waals surface area contributed by atoms with Gasteiger partial charge >= 0.3 is 0 Å². The van der Waals surface area contributed by atoms with E-state index in [9.17, 15) is 4.79 Å². The Morgan fingerprint density at radius 1 is 1.26 bits per heavy atom. The number of allylic oxidation sites excluding steroid dienone is 1. The van der Waals surface area contributed by atoms with Crippen molar-refractivity contribution in [3.63, 3.8) is 0 Å². The molecule has 0 unspecified atom stereocenters. The lowest BCUT2D eigenvalue weighted by atomic mass is 10.1. The van der Waals surface area contributed by atoms with Gasteiger partial charge < -0.3 is 9.47 Å². The fraction of sp³-hybridized carbons (Fsp3) is 0.0714. The van der Waals surface area contributed by atoms with Gasteiger partial charge in [0.1, 0.15) is 0 Å². The topological polar surface area (TPSA) is 35.5 Å². The predicted octanol–water partition coefficient (Wildman–Crippen LogP) is 4.14. The summed E-state index contributed by atoms with van der Waals surface area (Å²) < 4.78 is 11.5. The summed E-state index contributed by atoms with van der Waals surface area (Å²) in [6.07, 6.45) is 3.37. The highest BCUT2D eigenvalue weighted by Gasteiger charge is 2.14. The van der Waals surface area contributed by atoms with E-state index in [1.54, 1.807) is 35.6 Å². The van der Waals surface area contributed by atoms with Gasteiger partial charge in [0.2, 0.25) is 6.79 Å². The lowest BCUT2D eigenvalue weighted by Gasteiger charge is -1.98. The molecule has 3 rings (SSSR count). The van der Waals surface area contributed by atoms with Crippen LogP contribution in [0.25, 0.3) is 6.08 Å². The Morgan fingerprint density at radius 3 is 2.89 bits per heavy atom. The van der Waals surface area contributed by atoms with Crippen LogP contribution in [0.15, 0.2) is 40.2 Å². The summed E-state index contributed by atoms with van der Waals surface area (Å²) in [6, 6.07) is 7.17.